The minimum atomic E-state index is 0.234. The lowest BCUT2D eigenvalue weighted by Gasteiger charge is -2.03. The molecule has 0 spiro atoms. The number of hydrogen-bond donors (Lipinski definition) is 1. The fraction of sp³-hybridized carbons (Fsp3) is 0.100. The Morgan fingerprint density at radius 3 is 3.07 bits per heavy atom. The molecule has 0 aliphatic carbocycles. The Balaban J connectivity index is 2.76. The van der Waals surface area contributed by atoms with Crippen LogP contribution in [-0.4, -0.2) is 5.11 Å². The number of halogens is 1. The Morgan fingerprint density at radius 1 is 1.57 bits per heavy atom. The SMILES string of the molecule is N#CCc1cc(Br)c2ccsc2c1O. The molecule has 1 aromatic carbocycles. The van der Waals surface area contributed by atoms with Crippen molar-refractivity contribution in [2.75, 3.05) is 0 Å². The van der Waals surface area contributed by atoms with Crippen molar-refractivity contribution < 1.29 is 5.11 Å². The summed E-state index contributed by atoms with van der Waals surface area (Å²) >= 11 is 4.90. The maximum atomic E-state index is 9.83. The molecule has 0 saturated heterocycles. The smallest absolute Gasteiger partial charge is 0.137 e. The zero-order chi connectivity index (χ0) is 10.1. The summed E-state index contributed by atoms with van der Waals surface area (Å²) in [5.74, 6) is 0.236. The van der Waals surface area contributed by atoms with Gasteiger partial charge in [-0.25, -0.2) is 0 Å². The quantitative estimate of drug-likeness (QED) is 0.861. The Hall–Kier alpha value is -1.05. The molecule has 0 radical (unpaired) electrons. The van der Waals surface area contributed by atoms with Crippen molar-refractivity contribution in [3.05, 3.63) is 27.5 Å². The lowest BCUT2D eigenvalue weighted by Crippen LogP contribution is -1.83. The van der Waals surface area contributed by atoms with Gasteiger partial charge in [-0.15, -0.1) is 11.3 Å². The van der Waals surface area contributed by atoms with E-state index in [1.165, 1.54) is 11.3 Å². The van der Waals surface area contributed by atoms with Crippen molar-refractivity contribution in [2.24, 2.45) is 0 Å². The van der Waals surface area contributed by atoms with Crippen LogP contribution in [0.2, 0.25) is 0 Å². The summed E-state index contributed by atoms with van der Waals surface area (Å²) in [4.78, 5) is 0. The van der Waals surface area contributed by atoms with Gasteiger partial charge >= 0.3 is 0 Å². The van der Waals surface area contributed by atoms with Crippen LogP contribution in [0.15, 0.2) is 22.0 Å². The summed E-state index contributed by atoms with van der Waals surface area (Å²) in [6.07, 6.45) is 0.234. The Labute approximate surface area is 93.5 Å². The van der Waals surface area contributed by atoms with E-state index in [0.717, 1.165) is 14.6 Å². The number of aromatic hydroxyl groups is 1. The molecule has 0 amide bonds. The van der Waals surface area contributed by atoms with Crippen LogP contribution in [0, 0.1) is 11.3 Å². The van der Waals surface area contributed by atoms with E-state index in [1.807, 2.05) is 17.5 Å². The Morgan fingerprint density at radius 2 is 2.36 bits per heavy atom. The first-order valence-electron chi connectivity index (χ1n) is 3.98. The molecular weight excluding hydrogens is 262 g/mol. The molecule has 0 aliphatic heterocycles. The second-order valence-corrected chi connectivity index (χ2v) is 4.63. The van der Waals surface area contributed by atoms with Gasteiger partial charge in [-0.3, -0.25) is 0 Å². The van der Waals surface area contributed by atoms with Crippen molar-refractivity contribution in [2.45, 2.75) is 6.42 Å². The highest BCUT2D eigenvalue weighted by Gasteiger charge is 2.10. The molecule has 14 heavy (non-hydrogen) atoms. The molecule has 70 valence electrons. The fourth-order valence-corrected chi connectivity index (χ4v) is 2.97. The van der Waals surface area contributed by atoms with E-state index >= 15 is 0 Å². The highest BCUT2D eigenvalue weighted by molar-refractivity contribution is 9.10. The highest BCUT2D eigenvalue weighted by Crippen LogP contribution is 2.38. The average molecular weight is 268 g/mol. The second-order valence-electron chi connectivity index (χ2n) is 2.86. The zero-order valence-electron chi connectivity index (χ0n) is 7.12. The molecule has 0 fully saturated rings. The number of nitriles is 1. The van der Waals surface area contributed by atoms with Crippen LogP contribution in [0.1, 0.15) is 5.56 Å². The van der Waals surface area contributed by atoms with E-state index in [-0.39, 0.29) is 12.2 Å². The number of thiophene rings is 1. The molecular formula is C10H6BrNOS. The molecule has 4 heteroatoms. The first kappa shape index (κ1) is 9.50. The molecule has 0 unspecified atom stereocenters. The molecule has 2 nitrogen and oxygen atoms in total. The monoisotopic (exact) mass is 267 g/mol. The van der Waals surface area contributed by atoms with Crippen molar-refractivity contribution in [3.8, 4) is 11.8 Å². The number of phenols is 1. The number of fused-ring (bicyclic) bond motifs is 1. The van der Waals surface area contributed by atoms with Crippen molar-refractivity contribution in [1.82, 2.24) is 0 Å². The first-order chi connectivity index (χ1) is 6.74. The van der Waals surface area contributed by atoms with Crippen molar-refractivity contribution in [3.63, 3.8) is 0 Å². The summed E-state index contributed by atoms with van der Waals surface area (Å²) in [5, 5.41) is 21.3. The van der Waals surface area contributed by atoms with E-state index in [0.29, 0.717) is 5.56 Å². The summed E-state index contributed by atoms with van der Waals surface area (Å²) in [6, 6.07) is 5.78. The van der Waals surface area contributed by atoms with Crippen LogP contribution in [-0.2, 0) is 6.42 Å². The highest BCUT2D eigenvalue weighted by atomic mass is 79.9. The van der Waals surface area contributed by atoms with Gasteiger partial charge in [0.1, 0.15) is 5.75 Å². The topological polar surface area (TPSA) is 44.0 Å². The number of rotatable bonds is 1. The Kier molecular flexibility index (Phi) is 2.44. The zero-order valence-corrected chi connectivity index (χ0v) is 9.52. The van der Waals surface area contributed by atoms with Gasteiger partial charge in [0.05, 0.1) is 17.2 Å². The lowest BCUT2D eigenvalue weighted by atomic mass is 10.1. The van der Waals surface area contributed by atoms with Crippen LogP contribution >= 0.6 is 27.3 Å². The molecule has 1 N–H and O–H groups in total. The van der Waals surface area contributed by atoms with E-state index in [9.17, 15) is 5.11 Å². The standard InChI is InChI=1S/C10H6BrNOS/c11-8-5-6(1-3-12)9(13)10-7(8)2-4-14-10/h2,4-5,13H,1H2. The maximum absolute atomic E-state index is 9.83. The fourth-order valence-electron chi connectivity index (χ4n) is 1.35. The molecule has 0 aliphatic rings. The average Bonchev–Trinajstić information content (AvgIpc) is 2.63. The second kappa shape index (κ2) is 3.60. The number of benzene rings is 1. The van der Waals surface area contributed by atoms with E-state index in [2.05, 4.69) is 15.9 Å². The summed E-state index contributed by atoms with van der Waals surface area (Å²) < 4.78 is 1.77. The van der Waals surface area contributed by atoms with Gasteiger partial charge in [0.2, 0.25) is 0 Å². The molecule has 0 saturated carbocycles. The van der Waals surface area contributed by atoms with Gasteiger partial charge < -0.3 is 5.11 Å². The van der Waals surface area contributed by atoms with E-state index in [1.54, 1.807) is 6.07 Å². The van der Waals surface area contributed by atoms with Gasteiger partial charge in [-0.2, -0.15) is 5.26 Å². The maximum Gasteiger partial charge on any atom is 0.137 e. The molecule has 2 rings (SSSR count). The summed E-state index contributed by atoms with van der Waals surface area (Å²) in [7, 11) is 0. The third kappa shape index (κ3) is 1.39. The van der Waals surface area contributed by atoms with Crippen molar-refractivity contribution in [1.29, 1.82) is 5.26 Å². The van der Waals surface area contributed by atoms with Crippen LogP contribution in [0.4, 0.5) is 0 Å². The largest absolute Gasteiger partial charge is 0.506 e. The third-order valence-electron chi connectivity index (χ3n) is 2.01. The van der Waals surface area contributed by atoms with E-state index in [4.69, 9.17) is 5.26 Å². The predicted octanol–water partition coefficient (Wildman–Crippen LogP) is 3.44. The van der Waals surface area contributed by atoms with E-state index < -0.39 is 0 Å². The lowest BCUT2D eigenvalue weighted by molar-refractivity contribution is 0.477. The predicted molar refractivity (Wildman–Crippen MR) is 60.5 cm³/mol. The summed E-state index contributed by atoms with van der Waals surface area (Å²) in [6.45, 7) is 0. The molecule has 1 aromatic heterocycles. The van der Waals surface area contributed by atoms with Crippen molar-refractivity contribution >= 4 is 37.4 Å². The number of hydrogen-bond acceptors (Lipinski definition) is 3. The van der Waals surface area contributed by atoms with Crippen LogP contribution in [0.3, 0.4) is 0 Å². The van der Waals surface area contributed by atoms with Gasteiger partial charge in [-0.05, 0) is 17.5 Å². The molecule has 1 heterocycles. The third-order valence-corrected chi connectivity index (χ3v) is 3.59. The number of phenolic OH excluding ortho intramolecular Hbond substituents is 1. The number of nitrogens with zero attached hydrogens (tertiary/aromatic N) is 1. The van der Waals surface area contributed by atoms with Gasteiger partial charge in [-0.1, -0.05) is 15.9 Å². The normalized spacial score (nSPS) is 10.3. The van der Waals surface area contributed by atoms with Crippen LogP contribution in [0.5, 0.6) is 5.75 Å². The molecule has 2 aromatic rings. The van der Waals surface area contributed by atoms with Gasteiger partial charge in [0, 0.05) is 15.4 Å². The summed E-state index contributed by atoms with van der Waals surface area (Å²) in [5.41, 5.74) is 0.675. The van der Waals surface area contributed by atoms with Gasteiger partial charge in [0.25, 0.3) is 0 Å². The van der Waals surface area contributed by atoms with Crippen LogP contribution in [0.25, 0.3) is 10.1 Å². The van der Waals surface area contributed by atoms with Gasteiger partial charge in [0.15, 0.2) is 0 Å². The minimum absolute atomic E-state index is 0.234. The first-order valence-corrected chi connectivity index (χ1v) is 5.66. The van der Waals surface area contributed by atoms with Crippen LogP contribution < -0.4 is 0 Å². The Bertz CT molecular complexity index is 527. The minimum Gasteiger partial charge on any atom is -0.506 e. The molecule has 0 bridgehead atoms. The molecule has 0 atom stereocenters.